The van der Waals surface area contributed by atoms with E-state index in [2.05, 4.69) is 4.98 Å². The zero-order valence-corrected chi connectivity index (χ0v) is 22.3. The fraction of sp³-hybridized carbons (Fsp3) is 0.481. The molecule has 1 fully saturated rings. The summed E-state index contributed by atoms with van der Waals surface area (Å²) in [7, 11) is 4.80. The van der Waals surface area contributed by atoms with Crippen LogP contribution in [0.2, 0.25) is 0 Å². The van der Waals surface area contributed by atoms with E-state index in [-0.39, 0.29) is 18.1 Å². The van der Waals surface area contributed by atoms with Gasteiger partial charge in [0.1, 0.15) is 0 Å². The first-order chi connectivity index (χ1) is 18.6. The molecule has 2 aromatic rings. The predicted octanol–water partition coefficient (Wildman–Crippen LogP) is 2.26. The van der Waals surface area contributed by atoms with Crippen LogP contribution in [-0.2, 0) is 9.59 Å². The molecule has 2 aliphatic rings. The van der Waals surface area contributed by atoms with Crippen LogP contribution < -0.4 is 18.9 Å². The number of aliphatic carboxylic acids is 2. The number of ether oxygens (including phenoxy) is 4. The van der Waals surface area contributed by atoms with Crippen molar-refractivity contribution in [2.45, 2.75) is 56.8 Å². The van der Waals surface area contributed by atoms with E-state index in [4.69, 9.17) is 39.3 Å². The first-order valence-corrected chi connectivity index (χ1v) is 12.5. The average molecular weight is 547 g/mol. The number of aliphatic hydroxyl groups excluding tert-OH is 2. The van der Waals surface area contributed by atoms with Crippen molar-refractivity contribution in [1.82, 2.24) is 4.98 Å². The zero-order chi connectivity index (χ0) is 28.7. The summed E-state index contributed by atoms with van der Waals surface area (Å²) in [6.45, 7) is 2.50. The number of nitrogens with zero attached hydrogens (tertiary/aromatic N) is 2. The monoisotopic (exact) mass is 546 g/mol. The largest absolute Gasteiger partial charge is 0.493 e. The normalized spacial score (nSPS) is 20.2. The van der Waals surface area contributed by atoms with E-state index in [9.17, 15) is 14.7 Å². The number of carboxylic acid groups (broad SMARTS) is 2. The molecule has 12 heteroatoms. The van der Waals surface area contributed by atoms with Gasteiger partial charge in [0, 0.05) is 17.5 Å². The smallest absolute Gasteiger partial charge is 0.333 e. The van der Waals surface area contributed by atoms with E-state index < -0.39 is 24.5 Å². The fourth-order valence-corrected chi connectivity index (χ4v) is 4.71. The Morgan fingerprint density at radius 1 is 1.03 bits per heavy atom. The van der Waals surface area contributed by atoms with Crippen LogP contribution in [0, 0.1) is 0 Å². The number of rotatable bonds is 9. The Morgan fingerprint density at radius 3 is 2.33 bits per heavy atom. The van der Waals surface area contributed by atoms with Gasteiger partial charge in [-0.25, -0.2) is 4.79 Å². The van der Waals surface area contributed by atoms with Gasteiger partial charge in [0.05, 0.1) is 57.8 Å². The number of hydrogen-bond donors (Lipinski definition) is 4. The lowest BCUT2D eigenvalue weighted by molar-refractivity contribution is -0.152. The van der Waals surface area contributed by atoms with Gasteiger partial charge in [-0.1, -0.05) is 0 Å². The highest BCUT2D eigenvalue weighted by atomic mass is 16.5. The number of aromatic nitrogens is 1. The van der Waals surface area contributed by atoms with Crippen LogP contribution in [0.15, 0.2) is 29.3 Å². The van der Waals surface area contributed by atoms with Crippen LogP contribution in [0.4, 0.5) is 0 Å². The Bertz CT molecular complexity index is 1220. The second-order valence-corrected chi connectivity index (χ2v) is 9.00. The number of aliphatic imine (C=N–C) groups is 1. The van der Waals surface area contributed by atoms with Crippen molar-refractivity contribution in [3.05, 3.63) is 41.0 Å². The van der Waals surface area contributed by atoms with Crippen LogP contribution in [0.1, 0.15) is 55.2 Å². The molecule has 4 rings (SSSR count). The number of carboxylic acids is 2. The highest BCUT2D eigenvalue weighted by Gasteiger charge is 2.38. The lowest BCUT2D eigenvalue weighted by Crippen LogP contribution is -2.34. The number of pyridine rings is 1. The van der Waals surface area contributed by atoms with E-state index in [0.29, 0.717) is 36.3 Å². The van der Waals surface area contributed by atoms with Gasteiger partial charge in [-0.15, -0.1) is 0 Å². The molecule has 1 saturated carbocycles. The maximum Gasteiger partial charge on any atom is 0.333 e. The molecule has 2 heterocycles. The molecule has 1 unspecified atom stereocenters. The minimum absolute atomic E-state index is 0.0885. The number of aliphatic hydroxyl groups is 2. The van der Waals surface area contributed by atoms with Crippen molar-refractivity contribution in [2.75, 3.05) is 27.9 Å². The Labute approximate surface area is 225 Å². The SMILES string of the molecule is CCOc1cc2c(cc1OC)C(c1ccc(OC)nc1OC)=N[C@@H]1CC[C@@H](O)C[C@H]21.O=C(O)CC(O)C(=O)O. The number of fused-ring (bicyclic) bond motifs is 3. The third kappa shape index (κ3) is 6.95. The summed E-state index contributed by atoms with van der Waals surface area (Å²) in [5.74, 6) is -0.411. The van der Waals surface area contributed by atoms with E-state index >= 15 is 0 Å². The molecule has 0 saturated heterocycles. The molecule has 212 valence electrons. The second-order valence-electron chi connectivity index (χ2n) is 9.00. The first kappa shape index (κ1) is 29.7. The van der Waals surface area contributed by atoms with Crippen molar-refractivity contribution in [3.63, 3.8) is 0 Å². The molecule has 1 aromatic heterocycles. The zero-order valence-electron chi connectivity index (χ0n) is 22.3. The maximum absolute atomic E-state index is 10.3. The Morgan fingerprint density at radius 2 is 1.77 bits per heavy atom. The van der Waals surface area contributed by atoms with Crippen LogP contribution >= 0.6 is 0 Å². The van der Waals surface area contributed by atoms with Crippen LogP contribution in [0.25, 0.3) is 0 Å². The highest BCUT2D eigenvalue weighted by molar-refractivity contribution is 6.16. The Balaban J connectivity index is 0.000000403. The summed E-state index contributed by atoms with van der Waals surface area (Å²) < 4.78 is 22.2. The molecule has 12 nitrogen and oxygen atoms in total. The van der Waals surface area contributed by atoms with Crippen molar-refractivity contribution < 1.29 is 49.0 Å². The van der Waals surface area contributed by atoms with Gasteiger partial charge in [0.15, 0.2) is 17.6 Å². The summed E-state index contributed by atoms with van der Waals surface area (Å²) in [6, 6.07) is 7.84. The van der Waals surface area contributed by atoms with Crippen LogP contribution in [0.3, 0.4) is 0 Å². The summed E-state index contributed by atoms with van der Waals surface area (Å²) >= 11 is 0. The summed E-state index contributed by atoms with van der Waals surface area (Å²) in [4.78, 5) is 29.0. The molecule has 1 aliphatic heterocycles. The molecule has 1 aromatic carbocycles. The average Bonchev–Trinajstić information content (AvgIpc) is 2.92. The topological polar surface area (TPSA) is 177 Å². The second kappa shape index (κ2) is 13.3. The molecule has 0 bridgehead atoms. The van der Waals surface area contributed by atoms with E-state index in [1.165, 1.54) is 0 Å². The van der Waals surface area contributed by atoms with Crippen molar-refractivity contribution in [2.24, 2.45) is 4.99 Å². The van der Waals surface area contributed by atoms with Gasteiger partial charge in [0.2, 0.25) is 11.8 Å². The first-order valence-electron chi connectivity index (χ1n) is 12.5. The molecule has 0 radical (unpaired) electrons. The molecule has 4 N–H and O–H groups in total. The number of methoxy groups -OCH3 is 3. The standard InChI is InChI=1S/C23H28N2O5.C4H6O5/c1-5-30-20-11-15-16-10-13(26)6-8-18(16)24-22(17(15)12-19(20)27-2)14-7-9-21(28-3)25-23(14)29-4;5-2(4(8)9)1-3(6)7/h7,9,11-13,16,18,26H,5-6,8,10H2,1-4H3;2,5H,1H2,(H,6,7)(H,8,9)/t13-,16-,18-;/m1./s1. The lowest BCUT2D eigenvalue weighted by Gasteiger charge is -2.37. The molecule has 0 spiro atoms. The molecule has 0 amide bonds. The third-order valence-corrected chi connectivity index (χ3v) is 6.52. The maximum atomic E-state index is 10.3. The number of hydrogen-bond acceptors (Lipinski definition) is 10. The van der Waals surface area contributed by atoms with Crippen molar-refractivity contribution >= 4 is 17.7 Å². The molecular weight excluding hydrogens is 512 g/mol. The summed E-state index contributed by atoms with van der Waals surface area (Å²) in [5, 5.41) is 34.5. The number of carbonyl (C=O) groups is 2. The van der Waals surface area contributed by atoms with Gasteiger partial charge in [-0.3, -0.25) is 9.79 Å². The van der Waals surface area contributed by atoms with Gasteiger partial charge < -0.3 is 39.4 Å². The Kier molecular flexibility index (Phi) is 10.1. The van der Waals surface area contributed by atoms with Crippen LogP contribution in [0.5, 0.6) is 23.3 Å². The summed E-state index contributed by atoms with van der Waals surface area (Å²) in [6.07, 6.45) is -0.594. The quantitative estimate of drug-likeness (QED) is 0.363. The predicted molar refractivity (Wildman–Crippen MR) is 139 cm³/mol. The minimum Gasteiger partial charge on any atom is -0.493 e. The van der Waals surface area contributed by atoms with E-state index in [1.807, 2.05) is 31.2 Å². The highest BCUT2D eigenvalue weighted by Crippen LogP contribution is 2.45. The van der Waals surface area contributed by atoms with Gasteiger partial charge in [-0.2, -0.15) is 4.98 Å². The molecular formula is C27H34N2O10. The van der Waals surface area contributed by atoms with Gasteiger partial charge in [0.25, 0.3) is 0 Å². The lowest BCUT2D eigenvalue weighted by atomic mass is 9.74. The van der Waals surface area contributed by atoms with Crippen molar-refractivity contribution in [1.29, 1.82) is 0 Å². The third-order valence-electron chi connectivity index (χ3n) is 6.52. The summed E-state index contributed by atoms with van der Waals surface area (Å²) in [5.41, 5.74) is 3.69. The number of benzene rings is 1. The molecule has 4 atom stereocenters. The molecule has 39 heavy (non-hydrogen) atoms. The minimum atomic E-state index is -1.79. The van der Waals surface area contributed by atoms with Crippen LogP contribution in [-0.4, -0.2) is 89.2 Å². The fourth-order valence-electron chi connectivity index (χ4n) is 4.71. The van der Waals surface area contributed by atoms with E-state index in [0.717, 1.165) is 35.2 Å². The van der Waals surface area contributed by atoms with Crippen molar-refractivity contribution in [3.8, 4) is 23.3 Å². The van der Waals surface area contributed by atoms with Gasteiger partial charge in [-0.05, 0) is 49.9 Å². The van der Waals surface area contributed by atoms with E-state index in [1.54, 1.807) is 21.3 Å². The van der Waals surface area contributed by atoms with Gasteiger partial charge >= 0.3 is 11.9 Å². The Hall–Kier alpha value is -3.90. The molecule has 1 aliphatic carbocycles.